The van der Waals surface area contributed by atoms with Gasteiger partial charge < -0.3 is 16.0 Å². The van der Waals surface area contributed by atoms with Gasteiger partial charge in [0.2, 0.25) is 17.7 Å². The maximum absolute atomic E-state index is 12.0. The molecule has 7 nitrogen and oxygen atoms in total. The second-order valence-electron chi connectivity index (χ2n) is 5.73. The summed E-state index contributed by atoms with van der Waals surface area (Å²) >= 11 is 1.26. The smallest absolute Gasteiger partial charge is 0.248 e. The summed E-state index contributed by atoms with van der Waals surface area (Å²) in [5.74, 6) is -0.523. The van der Waals surface area contributed by atoms with E-state index < -0.39 is 6.04 Å². The van der Waals surface area contributed by atoms with Gasteiger partial charge in [-0.25, -0.2) is 4.98 Å². The molecular formula is C17H18N4O3S. The second kappa shape index (κ2) is 7.89. The van der Waals surface area contributed by atoms with E-state index in [1.54, 1.807) is 5.38 Å². The highest BCUT2D eigenvalue weighted by Crippen LogP contribution is 2.17. The molecule has 1 aliphatic heterocycles. The van der Waals surface area contributed by atoms with E-state index in [0.717, 1.165) is 5.56 Å². The van der Waals surface area contributed by atoms with Crippen molar-refractivity contribution in [3.8, 4) is 0 Å². The van der Waals surface area contributed by atoms with E-state index in [1.165, 1.54) is 11.3 Å². The molecule has 1 atom stereocenters. The number of hydrogen-bond donors (Lipinski definition) is 3. The van der Waals surface area contributed by atoms with Crippen LogP contribution in [0.1, 0.15) is 24.1 Å². The lowest BCUT2D eigenvalue weighted by Gasteiger charge is -2.08. The molecule has 0 aliphatic carbocycles. The average Bonchev–Trinajstić information content (AvgIpc) is 3.23. The topological polar surface area (TPSA) is 100 Å². The average molecular weight is 358 g/mol. The van der Waals surface area contributed by atoms with Crippen LogP contribution >= 0.6 is 11.3 Å². The van der Waals surface area contributed by atoms with Crippen LogP contribution < -0.4 is 16.0 Å². The molecule has 3 amide bonds. The van der Waals surface area contributed by atoms with Crippen LogP contribution in [0.3, 0.4) is 0 Å². The first-order chi connectivity index (χ1) is 12.1. The van der Waals surface area contributed by atoms with Gasteiger partial charge in [-0.15, -0.1) is 11.3 Å². The quantitative estimate of drug-likeness (QED) is 0.723. The minimum Gasteiger partial charge on any atom is -0.352 e. The first kappa shape index (κ1) is 17.1. The highest BCUT2D eigenvalue weighted by atomic mass is 32.1. The molecule has 1 unspecified atom stereocenters. The molecule has 1 saturated heterocycles. The third-order valence-corrected chi connectivity index (χ3v) is 4.57. The number of nitrogens with zero attached hydrogens (tertiary/aromatic N) is 1. The van der Waals surface area contributed by atoms with Crippen molar-refractivity contribution in [2.75, 3.05) is 5.32 Å². The molecular weight excluding hydrogens is 340 g/mol. The van der Waals surface area contributed by atoms with E-state index in [1.807, 2.05) is 30.3 Å². The van der Waals surface area contributed by atoms with E-state index in [9.17, 15) is 14.4 Å². The van der Waals surface area contributed by atoms with E-state index in [-0.39, 0.29) is 24.1 Å². The fraction of sp³-hybridized carbons (Fsp3) is 0.294. The van der Waals surface area contributed by atoms with Crippen molar-refractivity contribution in [1.29, 1.82) is 0 Å². The van der Waals surface area contributed by atoms with Crippen LogP contribution in [-0.4, -0.2) is 28.7 Å². The van der Waals surface area contributed by atoms with Crippen LogP contribution in [-0.2, 0) is 27.3 Å². The minimum absolute atomic E-state index is 0.116. The van der Waals surface area contributed by atoms with Crippen LogP contribution in [0.15, 0.2) is 35.7 Å². The van der Waals surface area contributed by atoms with Crippen molar-refractivity contribution in [2.45, 2.75) is 31.8 Å². The van der Waals surface area contributed by atoms with Crippen molar-refractivity contribution in [3.63, 3.8) is 0 Å². The summed E-state index contributed by atoms with van der Waals surface area (Å²) in [5, 5.41) is 10.3. The normalized spacial score (nSPS) is 16.3. The Hall–Kier alpha value is -2.74. The highest BCUT2D eigenvalue weighted by Gasteiger charge is 2.27. The number of thiazole rings is 1. The summed E-state index contributed by atoms with van der Waals surface area (Å²) in [6.45, 7) is 0.467. The number of benzene rings is 1. The lowest BCUT2D eigenvalue weighted by Crippen LogP contribution is -2.37. The number of hydrogen-bond acceptors (Lipinski definition) is 5. The minimum atomic E-state index is -0.506. The highest BCUT2D eigenvalue weighted by molar-refractivity contribution is 7.13. The number of aromatic nitrogens is 1. The van der Waals surface area contributed by atoms with Crippen LogP contribution in [0.4, 0.5) is 5.13 Å². The first-order valence-electron chi connectivity index (χ1n) is 7.95. The third kappa shape index (κ3) is 4.87. The molecule has 3 N–H and O–H groups in total. The molecule has 0 bridgehead atoms. The monoisotopic (exact) mass is 358 g/mol. The van der Waals surface area contributed by atoms with Gasteiger partial charge in [0.25, 0.3) is 0 Å². The summed E-state index contributed by atoms with van der Waals surface area (Å²) in [7, 11) is 0. The van der Waals surface area contributed by atoms with Crippen molar-refractivity contribution in [1.82, 2.24) is 15.6 Å². The molecule has 2 aromatic rings. The van der Waals surface area contributed by atoms with Gasteiger partial charge in [0.15, 0.2) is 5.13 Å². The van der Waals surface area contributed by atoms with Gasteiger partial charge in [-0.3, -0.25) is 14.4 Å². The number of anilines is 1. The summed E-state index contributed by atoms with van der Waals surface area (Å²) in [6.07, 6.45) is 1.01. The van der Waals surface area contributed by atoms with E-state index in [2.05, 4.69) is 20.9 Å². The molecule has 130 valence electrons. The molecule has 0 saturated carbocycles. The molecule has 1 aromatic carbocycles. The molecule has 25 heavy (non-hydrogen) atoms. The molecule has 0 spiro atoms. The van der Waals surface area contributed by atoms with Crippen LogP contribution in [0.25, 0.3) is 0 Å². The molecule has 3 rings (SSSR count). The summed E-state index contributed by atoms with van der Waals surface area (Å²) < 4.78 is 0. The SMILES string of the molecule is O=C(Cc1csc(NC(=O)C2CCC(=O)N2)n1)NCc1ccccc1. The first-order valence-corrected chi connectivity index (χ1v) is 8.83. The van der Waals surface area contributed by atoms with E-state index in [4.69, 9.17) is 0 Å². The molecule has 1 aliphatic rings. The van der Waals surface area contributed by atoms with Gasteiger partial charge >= 0.3 is 0 Å². The lowest BCUT2D eigenvalue weighted by atomic mass is 10.2. The molecule has 0 radical (unpaired) electrons. The largest absolute Gasteiger partial charge is 0.352 e. The maximum Gasteiger partial charge on any atom is 0.248 e. The zero-order valence-electron chi connectivity index (χ0n) is 13.5. The van der Waals surface area contributed by atoms with Crippen LogP contribution in [0, 0.1) is 0 Å². The van der Waals surface area contributed by atoms with E-state index >= 15 is 0 Å². The fourth-order valence-corrected chi connectivity index (χ4v) is 3.19. The molecule has 8 heteroatoms. The predicted octanol–water partition coefficient (Wildman–Crippen LogP) is 1.22. The lowest BCUT2D eigenvalue weighted by molar-refractivity contribution is -0.122. The van der Waals surface area contributed by atoms with Gasteiger partial charge in [0.1, 0.15) is 6.04 Å². The van der Waals surface area contributed by atoms with Gasteiger partial charge in [-0.05, 0) is 12.0 Å². The summed E-state index contributed by atoms with van der Waals surface area (Å²) in [6, 6.07) is 9.15. The molecule has 1 aromatic heterocycles. The Kier molecular flexibility index (Phi) is 5.39. The second-order valence-corrected chi connectivity index (χ2v) is 6.59. The van der Waals surface area contributed by atoms with Crippen molar-refractivity contribution >= 4 is 34.2 Å². The Morgan fingerprint density at radius 2 is 2.08 bits per heavy atom. The van der Waals surface area contributed by atoms with Crippen LogP contribution in [0.5, 0.6) is 0 Å². The Morgan fingerprint density at radius 1 is 1.28 bits per heavy atom. The third-order valence-electron chi connectivity index (χ3n) is 3.77. The Labute approximate surface area is 148 Å². The molecule has 2 heterocycles. The number of rotatable bonds is 6. The van der Waals surface area contributed by atoms with Crippen LogP contribution in [0.2, 0.25) is 0 Å². The summed E-state index contributed by atoms with van der Waals surface area (Å²) in [5.41, 5.74) is 1.63. The van der Waals surface area contributed by atoms with Gasteiger partial charge in [-0.2, -0.15) is 0 Å². The van der Waals surface area contributed by atoms with Gasteiger partial charge in [0, 0.05) is 18.3 Å². The predicted molar refractivity (Wildman–Crippen MR) is 93.9 cm³/mol. The number of nitrogens with one attached hydrogen (secondary N) is 3. The Balaban J connectivity index is 1.47. The zero-order chi connectivity index (χ0) is 17.6. The van der Waals surface area contributed by atoms with Gasteiger partial charge in [-0.1, -0.05) is 30.3 Å². The molecule has 1 fully saturated rings. The Bertz CT molecular complexity index is 775. The van der Waals surface area contributed by atoms with Crippen molar-refractivity contribution in [3.05, 3.63) is 47.0 Å². The Morgan fingerprint density at radius 3 is 2.80 bits per heavy atom. The number of carbonyl (C=O) groups excluding carboxylic acids is 3. The number of carbonyl (C=O) groups is 3. The number of amides is 3. The maximum atomic E-state index is 12.0. The van der Waals surface area contributed by atoms with Crippen molar-refractivity contribution < 1.29 is 14.4 Å². The summed E-state index contributed by atoms with van der Waals surface area (Å²) in [4.78, 5) is 39.4. The van der Waals surface area contributed by atoms with E-state index in [0.29, 0.717) is 30.2 Å². The van der Waals surface area contributed by atoms with Crippen molar-refractivity contribution in [2.24, 2.45) is 0 Å². The fourth-order valence-electron chi connectivity index (χ4n) is 2.47. The zero-order valence-corrected chi connectivity index (χ0v) is 14.3. The standard InChI is InChI=1S/C17H18N4O3S/c22-14-7-6-13(20-14)16(24)21-17-19-12(10-25-17)8-15(23)18-9-11-4-2-1-3-5-11/h1-5,10,13H,6-9H2,(H,18,23)(H,20,22)(H,19,21,24). The van der Waals surface area contributed by atoms with Gasteiger partial charge in [0.05, 0.1) is 12.1 Å².